The fraction of sp³-hybridized carbons (Fsp3) is 0.286. The molecule has 74 valence electrons. The number of anilines is 1. The standard InChI is InChI=1S/C7H7BrN4OS/c1-4-2-9-5(13-4)3-10-7-12-11-6(8)14-7/h2H,3H2,1H3,(H,10,12). The van der Waals surface area contributed by atoms with Crippen molar-refractivity contribution in [2.75, 3.05) is 5.32 Å². The maximum atomic E-state index is 5.28. The first kappa shape index (κ1) is 9.60. The number of rotatable bonds is 3. The number of halogens is 1. The molecule has 0 bridgehead atoms. The molecule has 2 aromatic rings. The van der Waals surface area contributed by atoms with Gasteiger partial charge >= 0.3 is 0 Å². The second kappa shape index (κ2) is 4.05. The second-order valence-corrected chi connectivity index (χ2v) is 4.83. The fourth-order valence-corrected chi connectivity index (χ4v) is 1.92. The second-order valence-electron chi connectivity index (χ2n) is 2.58. The lowest BCUT2D eigenvalue weighted by Crippen LogP contribution is -1.98. The van der Waals surface area contributed by atoms with Crippen molar-refractivity contribution in [3.05, 3.63) is 21.8 Å². The predicted molar refractivity (Wildman–Crippen MR) is 56.2 cm³/mol. The summed E-state index contributed by atoms with van der Waals surface area (Å²) in [6.45, 7) is 2.38. The lowest BCUT2D eigenvalue weighted by molar-refractivity contribution is 0.479. The van der Waals surface area contributed by atoms with E-state index in [0.717, 1.165) is 14.8 Å². The number of nitrogens with zero attached hydrogens (tertiary/aromatic N) is 3. The number of oxazole rings is 1. The van der Waals surface area contributed by atoms with Gasteiger partial charge in [0.25, 0.3) is 0 Å². The predicted octanol–water partition coefficient (Wildman–Crippen LogP) is 2.21. The molecule has 0 aromatic carbocycles. The molecule has 2 aromatic heterocycles. The monoisotopic (exact) mass is 274 g/mol. The van der Waals surface area contributed by atoms with Gasteiger partial charge in [-0.15, -0.1) is 10.2 Å². The van der Waals surface area contributed by atoms with Crippen LogP contribution < -0.4 is 5.32 Å². The summed E-state index contributed by atoms with van der Waals surface area (Å²) in [7, 11) is 0. The number of aromatic nitrogens is 3. The minimum atomic E-state index is 0.523. The molecule has 0 radical (unpaired) electrons. The Bertz CT molecular complexity index is 387. The highest BCUT2D eigenvalue weighted by atomic mass is 79.9. The smallest absolute Gasteiger partial charge is 0.213 e. The van der Waals surface area contributed by atoms with E-state index >= 15 is 0 Å². The highest BCUT2D eigenvalue weighted by Crippen LogP contribution is 2.20. The molecule has 2 heterocycles. The first-order valence-electron chi connectivity index (χ1n) is 3.88. The van der Waals surface area contributed by atoms with Crippen molar-refractivity contribution < 1.29 is 4.42 Å². The van der Waals surface area contributed by atoms with Crippen molar-refractivity contribution in [3.63, 3.8) is 0 Å². The van der Waals surface area contributed by atoms with E-state index in [0.29, 0.717) is 12.4 Å². The molecule has 0 saturated heterocycles. The summed E-state index contributed by atoms with van der Waals surface area (Å²) in [5, 5.41) is 11.5. The first-order valence-corrected chi connectivity index (χ1v) is 5.49. The highest BCUT2D eigenvalue weighted by molar-refractivity contribution is 9.11. The van der Waals surface area contributed by atoms with E-state index in [-0.39, 0.29) is 0 Å². The van der Waals surface area contributed by atoms with Crippen molar-refractivity contribution in [1.29, 1.82) is 0 Å². The topological polar surface area (TPSA) is 63.8 Å². The first-order chi connectivity index (χ1) is 6.74. The van der Waals surface area contributed by atoms with Gasteiger partial charge < -0.3 is 9.73 Å². The maximum absolute atomic E-state index is 5.28. The van der Waals surface area contributed by atoms with E-state index in [4.69, 9.17) is 4.42 Å². The van der Waals surface area contributed by atoms with E-state index in [1.807, 2.05) is 6.92 Å². The van der Waals surface area contributed by atoms with Gasteiger partial charge in [-0.2, -0.15) is 0 Å². The summed E-state index contributed by atoms with van der Waals surface area (Å²) in [5.41, 5.74) is 0. The minimum absolute atomic E-state index is 0.523. The highest BCUT2D eigenvalue weighted by Gasteiger charge is 2.03. The fourth-order valence-electron chi connectivity index (χ4n) is 0.911. The van der Waals surface area contributed by atoms with Gasteiger partial charge in [0.15, 0.2) is 3.92 Å². The molecule has 0 saturated carbocycles. The van der Waals surface area contributed by atoms with Crippen molar-refractivity contribution in [3.8, 4) is 0 Å². The number of nitrogens with one attached hydrogen (secondary N) is 1. The molecule has 14 heavy (non-hydrogen) atoms. The summed E-state index contributed by atoms with van der Waals surface area (Å²) in [6, 6.07) is 0. The van der Waals surface area contributed by atoms with Gasteiger partial charge in [0.1, 0.15) is 5.76 Å². The Balaban J connectivity index is 1.94. The maximum Gasteiger partial charge on any atom is 0.213 e. The SMILES string of the molecule is Cc1cnc(CNc2nnc(Br)s2)o1. The van der Waals surface area contributed by atoms with Gasteiger partial charge in [0, 0.05) is 0 Å². The van der Waals surface area contributed by atoms with E-state index in [1.54, 1.807) is 6.20 Å². The zero-order valence-corrected chi connectivity index (χ0v) is 9.72. The minimum Gasteiger partial charge on any atom is -0.444 e. The van der Waals surface area contributed by atoms with Gasteiger partial charge in [-0.05, 0) is 22.9 Å². The molecule has 5 nitrogen and oxygen atoms in total. The molecule has 2 rings (SSSR count). The lowest BCUT2D eigenvalue weighted by atomic mass is 10.6. The molecule has 0 atom stereocenters. The Morgan fingerprint density at radius 1 is 1.57 bits per heavy atom. The molecule has 0 aliphatic heterocycles. The molecule has 1 N–H and O–H groups in total. The third-order valence-corrected chi connectivity index (χ3v) is 2.77. The van der Waals surface area contributed by atoms with Crippen molar-refractivity contribution in [2.24, 2.45) is 0 Å². The third kappa shape index (κ3) is 2.30. The zero-order valence-electron chi connectivity index (χ0n) is 7.32. The van der Waals surface area contributed by atoms with E-state index in [1.165, 1.54) is 11.3 Å². The molecular formula is C7H7BrN4OS. The quantitative estimate of drug-likeness (QED) is 0.930. The van der Waals surface area contributed by atoms with Crippen molar-refractivity contribution in [2.45, 2.75) is 13.5 Å². The Labute approximate surface area is 92.7 Å². The average molecular weight is 275 g/mol. The summed E-state index contributed by atoms with van der Waals surface area (Å²) in [4.78, 5) is 4.05. The van der Waals surface area contributed by atoms with Crippen LogP contribution in [0, 0.1) is 6.92 Å². The van der Waals surface area contributed by atoms with Crippen LogP contribution in [-0.2, 0) is 6.54 Å². The molecule has 0 aliphatic carbocycles. The van der Waals surface area contributed by atoms with Gasteiger partial charge in [-0.1, -0.05) is 11.3 Å². The normalized spacial score (nSPS) is 10.4. The van der Waals surface area contributed by atoms with Crippen LogP contribution in [0.2, 0.25) is 0 Å². The van der Waals surface area contributed by atoms with Crippen LogP contribution in [0.4, 0.5) is 5.13 Å². The molecule has 7 heteroatoms. The Morgan fingerprint density at radius 2 is 2.43 bits per heavy atom. The molecule has 0 spiro atoms. The summed E-state index contributed by atoms with van der Waals surface area (Å²) >= 11 is 4.66. The molecular weight excluding hydrogens is 268 g/mol. The summed E-state index contributed by atoms with van der Waals surface area (Å²) in [5.74, 6) is 1.45. The van der Waals surface area contributed by atoms with Gasteiger partial charge in [0.2, 0.25) is 11.0 Å². The molecule has 0 aliphatic rings. The molecule has 0 amide bonds. The van der Waals surface area contributed by atoms with Crippen molar-refractivity contribution in [1.82, 2.24) is 15.2 Å². The van der Waals surface area contributed by atoms with Crippen LogP contribution in [0.5, 0.6) is 0 Å². The van der Waals surface area contributed by atoms with Crippen LogP contribution in [0.25, 0.3) is 0 Å². The molecule has 0 fully saturated rings. The van der Waals surface area contributed by atoms with Gasteiger partial charge in [-0.25, -0.2) is 4.98 Å². The van der Waals surface area contributed by atoms with Crippen LogP contribution >= 0.6 is 27.3 Å². The van der Waals surface area contributed by atoms with Crippen LogP contribution in [0.1, 0.15) is 11.7 Å². The Morgan fingerprint density at radius 3 is 3.00 bits per heavy atom. The average Bonchev–Trinajstić information content (AvgIpc) is 2.72. The summed E-state index contributed by atoms with van der Waals surface area (Å²) in [6.07, 6.45) is 1.69. The lowest BCUT2D eigenvalue weighted by Gasteiger charge is -1.95. The number of hydrogen-bond acceptors (Lipinski definition) is 6. The van der Waals surface area contributed by atoms with E-state index < -0.39 is 0 Å². The van der Waals surface area contributed by atoms with E-state index in [2.05, 4.69) is 36.4 Å². The van der Waals surface area contributed by atoms with Gasteiger partial charge in [-0.3, -0.25) is 0 Å². The Kier molecular flexibility index (Phi) is 2.78. The Hall–Kier alpha value is -0.950. The van der Waals surface area contributed by atoms with E-state index in [9.17, 15) is 0 Å². The van der Waals surface area contributed by atoms with Crippen LogP contribution in [0.3, 0.4) is 0 Å². The largest absolute Gasteiger partial charge is 0.444 e. The zero-order chi connectivity index (χ0) is 9.97. The number of aryl methyl sites for hydroxylation is 1. The third-order valence-electron chi connectivity index (χ3n) is 1.46. The van der Waals surface area contributed by atoms with Gasteiger partial charge in [0.05, 0.1) is 12.7 Å². The molecule has 0 unspecified atom stereocenters. The van der Waals surface area contributed by atoms with Crippen molar-refractivity contribution >= 4 is 32.4 Å². The van der Waals surface area contributed by atoms with Crippen LogP contribution in [0.15, 0.2) is 14.5 Å². The summed E-state index contributed by atoms with van der Waals surface area (Å²) < 4.78 is 6.04. The number of hydrogen-bond donors (Lipinski definition) is 1. The van der Waals surface area contributed by atoms with Crippen LogP contribution in [-0.4, -0.2) is 15.2 Å².